The molecule has 3 aromatic heterocycles. The lowest BCUT2D eigenvalue weighted by atomic mass is 9.70. The van der Waals surface area contributed by atoms with Crippen LogP contribution in [0.3, 0.4) is 0 Å². The predicted molar refractivity (Wildman–Crippen MR) is 138 cm³/mol. The van der Waals surface area contributed by atoms with Crippen LogP contribution in [0.25, 0.3) is 21.9 Å². The van der Waals surface area contributed by atoms with E-state index in [1.165, 1.54) is 11.1 Å². The monoisotopic (exact) mass is 491 g/mol. The molecule has 0 spiro atoms. The van der Waals surface area contributed by atoms with E-state index in [0.717, 1.165) is 33.0 Å². The van der Waals surface area contributed by atoms with Gasteiger partial charge in [0.05, 0.1) is 5.52 Å². The van der Waals surface area contributed by atoms with Gasteiger partial charge in [-0.3, -0.25) is 4.98 Å². The van der Waals surface area contributed by atoms with Crippen molar-refractivity contribution in [2.75, 3.05) is 0 Å². The van der Waals surface area contributed by atoms with E-state index >= 15 is 0 Å². The molecule has 3 nitrogen and oxygen atoms in total. The van der Waals surface area contributed by atoms with Crippen LogP contribution in [0, 0.1) is 5.92 Å². The Morgan fingerprint density at radius 2 is 1.55 bits per heavy atom. The molecule has 33 heavy (non-hydrogen) atoms. The largest absolute Gasteiger partial charge is 0.310 e. The summed E-state index contributed by atoms with van der Waals surface area (Å²) in [5, 5.41) is 2.21. The SMILES string of the molecule is Brc1ccc2c3cnccc3n(C(c3ccccc3)(c3ccccc3)C3C=CC=CC3)c2n1. The first kappa shape index (κ1) is 20.1. The van der Waals surface area contributed by atoms with Gasteiger partial charge in [-0.25, -0.2) is 4.98 Å². The summed E-state index contributed by atoms with van der Waals surface area (Å²) in [7, 11) is 0. The van der Waals surface area contributed by atoms with E-state index in [1.54, 1.807) is 0 Å². The van der Waals surface area contributed by atoms with Crippen LogP contribution in [0.1, 0.15) is 17.5 Å². The third-order valence-electron chi connectivity index (χ3n) is 6.68. The molecular weight excluding hydrogens is 470 g/mol. The minimum absolute atomic E-state index is 0.194. The number of pyridine rings is 2. The normalized spacial score (nSPS) is 16.0. The number of fused-ring (bicyclic) bond motifs is 3. The summed E-state index contributed by atoms with van der Waals surface area (Å²) in [6.07, 6.45) is 13.7. The average Bonchev–Trinajstić information content (AvgIpc) is 3.20. The topological polar surface area (TPSA) is 30.7 Å². The standard InChI is InChI=1S/C29H22BrN3/c30-27-17-16-24-25-20-31-19-18-26(25)33(28(24)32-27)29(21-10-4-1-5-11-21,22-12-6-2-7-13-22)23-14-8-3-9-15-23/h1-14,16-20,23H,15H2. The second-order valence-electron chi connectivity index (χ2n) is 8.39. The van der Waals surface area contributed by atoms with Crippen molar-refractivity contribution in [2.24, 2.45) is 5.92 Å². The van der Waals surface area contributed by atoms with Crippen molar-refractivity contribution in [1.82, 2.24) is 14.5 Å². The van der Waals surface area contributed by atoms with Crippen molar-refractivity contribution in [3.8, 4) is 0 Å². The van der Waals surface area contributed by atoms with Gasteiger partial charge < -0.3 is 4.57 Å². The Bertz CT molecular complexity index is 1460. The van der Waals surface area contributed by atoms with Crippen LogP contribution in [-0.2, 0) is 5.54 Å². The molecule has 3 heterocycles. The summed E-state index contributed by atoms with van der Waals surface area (Å²) in [5.41, 5.74) is 4.04. The average molecular weight is 492 g/mol. The summed E-state index contributed by atoms with van der Waals surface area (Å²) in [4.78, 5) is 9.50. The van der Waals surface area contributed by atoms with Crippen molar-refractivity contribution in [3.63, 3.8) is 0 Å². The van der Waals surface area contributed by atoms with E-state index < -0.39 is 5.54 Å². The molecule has 0 fully saturated rings. The zero-order valence-corrected chi connectivity index (χ0v) is 19.6. The Kier molecular flexibility index (Phi) is 4.96. The number of allylic oxidation sites excluding steroid dienone is 4. The van der Waals surface area contributed by atoms with E-state index in [-0.39, 0.29) is 5.92 Å². The van der Waals surface area contributed by atoms with Crippen molar-refractivity contribution in [2.45, 2.75) is 12.0 Å². The third-order valence-corrected chi connectivity index (χ3v) is 7.12. The van der Waals surface area contributed by atoms with E-state index in [9.17, 15) is 0 Å². The number of benzene rings is 2. The first-order chi connectivity index (χ1) is 16.3. The van der Waals surface area contributed by atoms with Crippen molar-refractivity contribution < 1.29 is 0 Å². The highest BCUT2D eigenvalue weighted by Crippen LogP contribution is 2.48. The minimum Gasteiger partial charge on any atom is -0.310 e. The molecule has 0 bridgehead atoms. The maximum Gasteiger partial charge on any atom is 0.143 e. The molecule has 5 aromatic rings. The van der Waals surface area contributed by atoms with Crippen LogP contribution in [0.15, 0.2) is 120 Å². The Balaban J connectivity index is 1.85. The molecule has 0 aliphatic heterocycles. The lowest BCUT2D eigenvalue weighted by molar-refractivity contribution is 0.337. The van der Waals surface area contributed by atoms with Gasteiger partial charge in [0.15, 0.2) is 0 Å². The summed E-state index contributed by atoms with van der Waals surface area (Å²) < 4.78 is 3.27. The highest BCUT2D eigenvalue weighted by atomic mass is 79.9. The van der Waals surface area contributed by atoms with Crippen LogP contribution in [0.2, 0.25) is 0 Å². The van der Waals surface area contributed by atoms with Crippen LogP contribution in [-0.4, -0.2) is 14.5 Å². The number of hydrogen-bond donors (Lipinski definition) is 0. The fourth-order valence-corrected chi connectivity index (χ4v) is 5.66. The molecule has 1 atom stereocenters. The zero-order chi connectivity index (χ0) is 22.3. The molecular formula is C29H22BrN3. The maximum atomic E-state index is 5.03. The molecule has 0 N–H and O–H groups in total. The van der Waals surface area contributed by atoms with Crippen LogP contribution < -0.4 is 0 Å². The number of aromatic nitrogens is 3. The number of hydrogen-bond acceptors (Lipinski definition) is 2. The molecule has 0 saturated carbocycles. The van der Waals surface area contributed by atoms with E-state index in [0.29, 0.717) is 0 Å². The zero-order valence-electron chi connectivity index (χ0n) is 18.0. The van der Waals surface area contributed by atoms with Gasteiger partial charge in [-0.05, 0) is 51.7 Å². The molecule has 1 aliphatic rings. The number of halogens is 1. The maximum absolute atomic E-state index is 5.03. The van der Waals surface area contributed by atoms with Crippen molar-refractivity contribution >= 4 is 37.9 Å². The molecule has 0 radical (unpaired) electrons. The van der Waals surface area contributed by atoms with Crippen molar-refractivity contribution in [3.05, 3.63) is 131 Å². The first-order valence-electron chi connectivity index (χ1n) is 11.2. The van der Waals surface area contributed by atoms with Gasteiger partial charge in [0.1, 0.15) is 15.8 Å². The van der Waals surface area contributed by atoms with Gasteiger partial charge in [0.25, 0.3) is 0 Å². The second kappa shape index (κ2) is 8.13. The smallest absolute Gasteiger partial charge is 0.143 e. The predicted octanol–water partition coefficient (Wildman–Crippen LogP) is 7.27. The van der Waals surface area contributed by atoms with Crippen LogP contribution in [0.5, 0.6) is 0 Å². The van der Waals surface area contributed by atoms with Gasteiger partial charge in [0.2, 0.25) is 0 Å². The highest BCUT2D eigenvalue weighted by Gasteiger charge is 2.44. The molecule has 1 aliphatic carbocycles. The molecule has 0 saturated heterocycles. The molecule has 2 aromatic carbocycles. The Morgan fingerprint density at radius 3 is 2.21 bits per heavy atom. The molecule has 160 valence electrons. The second-order valence-corrected chi connectivity index (χ2v) is 9.20. The van der Waals surface area contributed by atoms with Gasteiger partial charge >= 0.3 is 0 Å². The van der Waals surface area contributed by atoms with E-state index in [4.69, 9.17) is 4.98 Å². The number of nitrogens with zero attached hydrogens (tertiary/aromatic N) is 3. The van der Waals surface area contributed by atoms with Gasteiger partial charge in [-0.15, -0.1) is 0 Å². The Morgan fingerprint density at radius 1 is 0.818 bits per heavy atom. The summed E-state index contributed by atoms with van der Waals surface area (Å²) in [6.45, 7) is 0. The summed E-state index contributed by atoms with van der Waals surface area (Å²) >= 11 is 3.63. The Hall–Kier alpha value is -3.50. The number of rotatable bonds is 4. The van der Waals surface area contributed by atoms with E-state index in [2.05, 4.69) is 123 Å². The molecule has 4 heteroatoms. The summed E-state index contributed by atoms with van der Waals surface area (Å²) in [6, 6.07) is 28.0. The molecule has 6 rings (SSSR count). The Labute approximate surface area is 201 Å². The lowest BCUT2D eigenvalue weighted by Gasteiger charge is -2.43. The summed E-state index contributed by atoms with van der Waals surface area (Å²) in [5.74, 6) is 0.194. The third kappa shape index (κ3) is 3.09. The van der Waals surface area contributed by atoms with Crippen LogP contribution >= 0.6 is 15.9 Å². The fourth-order valence-electron chi connectivity index (χ4n) is 5.36. The highest BCUT2D eigenvalue weighted by molar-refractivity contribution is 9.10. The lowest BCUT2D eigenvalue weighted by Crippen LogP contribution is -2.43. The van der Waals surface area contributed by atoms with Gasteiger partial charge in [0, 0.05) is 29.1 Å². The molecule has 1 unspecified atom stereocenters. The molecule has 0 amide bonds. The van der Waals surface area contributed by atoms with Crippen molar-refractivity contribution in [1.29, 1.82) is 0 Å². The first-order valence-corrected chi connectivity index (χ1v) is 11.9. The van der Waals surface area contributed by atoms with Gasteiger partial charge in [-0.1, -0.05) is 85.0 Å². The van der Waals surface area contributed by atoms with Crippen LogP contribution in [0.4, 0.5) is 0 Å². The quantitative estimate of drug-likeness (QED) is 0.247. The van der Waals surface area contributed by atoms with Gasteiger partial charge in [-0.2, -0.15) is 0 Å². The minimum atomic E-state index is -0.501. The van der Waals surface area contributed by atoms with E-state index in [1.807, 2.05) is 18.5 Å². The fraction of sp³-hybridized carbons (Fsp3) is 0.103.